The van der Waals surface area contributed by atoms with Gasteiger partial charge in [-0.1, -0.05) is 74.1 Å². The Bertz CT molecular complexity index is 1400. The summed E-state index contributed by atoms with van der Waals surface area (Å²) in [5.41, 5.74) is 12.0. The van der Waals surface area contributed by atoms with E-state index < -0.39 is 59.5 Å². The van der Waals surface area contributed by atoms with E-state index in [4.69, 9.17) is 90.3 Å². The molecule has 80 heavy (non-hydrogen) atoms. The standard InChI is InChI=1S/C55H109N2O20P3/c1-10-26-66-78-67-34-23-29-61-40-55(39-58,41-62-30-24-37-72-79(68-27-11-2)70-35-21-17-15-19-32-64-53-49(56)51(74-45(8)59)43(6)47(13-4)76-53)42-63-31-25-38-73-80(69-28-12-3)71-36-22-18-16-20-33-65-54-50(57)52(75-46(9)60)44(7)48(14-5)77-54/h43-44,47-54,58,78H,10-42,56-57H2,1-9H3/t43-,44-,47?,48?,49?,50?,51?,52?,53+,54+,55?,79?,80?/m0/s1. The van der Waals surface area contributed by atoms with Crippen molar-refractivity contribution in [2.24, 2.45) is 28.7 Å². The molecule has 2 rings (SSSR count). The lowest BCUT2D eigenvalue weighted by molar-refractivity contribution is -0.248. The van der Waals surface area contributed by atoms with Crippen molar-refractivity contribution in [3.05, 3.63) is 0 Å². The molecule has 2 fully saturated rings. The summed E-state index contributed by atoms with van der Waals surface area (Å²) in [6.45, 7) is 23.7. The first-order valence-corrected chi connectivity index (χ1v) is 32.9. The highest BCUT2D eigenvalue weighted by Crippen LogP contribution is 2.41. The Morgan fingerprint density at radius 1 is 0.487 bits per heavy atom. The predicted octanol–water partition coefficient (Wildman–Crippen LogP) is 9.72. The molecule has 0 bridgehead atoms. The largest absolute Gasteiger partial charge is 0.460 e. The van der Waals surface area contributed by atoms with Gasteiger partial charge in [0.25, 0.3) is 0 Å². The van der Waals surface area contributed by atoms with Crippen LogP contribution in [0.3, 0.4) is 0 Å². The first kappa shape index (κ1) is 75.6. The second kappa shape index (κ2) is 48.6. The zero-order valence-corrected chi connectivity index (χ0v) is 53.1. The Morgan fingerprint density at radius 2 is 0.838 bits per heavy atom. The minimum atomic E-state index is -1.52. The molecule has 2 aliphatic heterocycles. The summed E-state index contributed by atoms with van der Waals surface area (Å²) < 4.78 is 101. The van der Waals surface area contributed by atoms with Crippen molar-refractivity contribution in [1.29, 1.82) is 0 Å². The highest BCUT2D eigenvalue weighted by molar-refractivity contribution is 7.41. The number of ether oxygens (including phenoxy) is 9. The van der Waals surface area contributed by atoms with E-state index in [1.165, 1.54) is 13.8 Å². The maximum Gasteiger partial charge on any atom is 0.332 e. The molecule has 25 heteroatoms. The van der Waals surface area contributed by atoms with Crippen LogP contribution in [0.5, 0.6) is 0 Å². The molecule has 9 unspecified atom stereocenters. The second-order valence-corrected chi connectivity index (χ2v) is 23.8. The first-order valence-electron chi connectivity index (χ1n) is 29.9. The number of carbonyl (C=O) groups excluding carboxylic acids is 2. The molecular formula is C55H109N2O20P3. The van der Waals surface area contributed by atoms with Crippen LogP contribution in [0, 0.1) is 17.3 Å². The molecule has 0 aromatic carbocycles. The highest BCUT2D eigenvalue weighted by Gasteiger charge is 2.45. The molecule has 0 radical (unpaired) electrons. The summed E-state index contributed by atoms with van der Waals surface area (Å²) in [4.78, 5) is 23.4. The maximum atomic E-state index is 11.7. The average molecular weight is 1210 g/mol. The van der Waals surface area contributed by atoms with E-state index in [1.54, 1.807) is 0 Å². The summed E-state index contributed by atoms with van der Waals surface area (Å²) >= 11 is 0. The van der Waals surface area contributed by atoms with Crippen LogP contribution in [0.4, 0.5) is 0 Å². The number of nitrogens with two attached hydrogens (primary N) is 2. The number of aliphatic hydroxyl groups is 1. The lowest BCUT2D eigenvalue weighted by atomic mass is 9.88. The van der Waals surface area contributed by atoms with E-state index in [0.29, 0.717) is 105 Å². The van der Waals surface area contributed by atoms with E-state index >= 15 is 0 Å². The van der Waals surface area contributed by atoms with E-state index in [0.717, 1.165) is 83.5 Å². The zero-order chi connectivity index (χ0) is 58.6. The van der Waals surface area contributed by atoms with Crippen molar-refractivity contribution in [3.63, 3.8) is 0 Å². The Hall–Kier alpha value is -0.490. The van der Waals surface area contributed by atoms with Gasteiger partial charge in [0.05, 0.1) is 109 Å². The fourth-order valence-electron chi connectivity index (χ4n) is 8.74. The van der Waals surface area contributed by atoms with E-state index in [2.05, 4.69) is 6.92 Å². The number of carbonyl (C=O) groups is 2. The normalized spacial score (nSPS) is 25.0. The van der Waals surface area contributed by atoms with E-state index in [-0.39, 0.29) is 71.4 Å². The molecule has 22 nitrogen and oxygen atoms in total. The topological polar surface area (TPSA) is 263 Å². The van der Waals surface area contributed by atoms with Crippen molar-refractivity contribution in [1.82, 2.24) is 0 Å². The summed E-state index contributed by atoms with van der Waals surface area (Å²) in [6, 6.07) is -1.10. The predicted molar refractivity (Wildman–Crippen MR) is 309 cm³/mol. The Kier molecular flexibility index (Phi) is 45.9. The van der Waals surface area contributed by atoms with Gasteiger partial charge < -0.3 is 95.4 Å². The van der Waals surface area contributed by atoms with Crippen molar-refractivity contribution < 1.29 is 93.5 Å². The summed E-state index contributed by atoms with van der Waals surface area (Å²) in [5.74, 6) is -0.748. The number of unbranched alkanes of at least 4 members (excludes halogenated alkanes) is 6. The minimum absolute atomic E-state index is 0.00349. The quantitative estimate of drug-likeness (QED) is 0.0291. The number of esters is 2. The molecule has 5 N–H and O–H groups in total. The van der Waals surface area contributed by atoms with Crippen molar-refractivity contribution in [2.45, 2.75) is 214 Å². The van der Waals surface area contributed by atoms with Gasteiger partial charge in [-0.3, -0.25) is 9.59 Å². The monoisotopic (exact) mass is 1210 g/mol. The Labute approximate surface area is 485 Å². The molecule has 474 valence electrons. The van der Waals surface area contributed by atoms with Crippen molar-refractivity contribution >= 4 is 38.2 Å². The van der Waals surface area contributed by atoms with Crippen LogP contribution in [0.1, 0.15) is 165 Å². The van der Waals surface area contributed by atoms with Crippen LogP contribution in [-0.2, 0) is 88.4 Å². The number of hydrogen-bond donors (Lipinski definition) is 3. The number of rotatable bonds is 53. The van der Waals surface area contributed by atoms with Crippen LogP contribution in [0.2, 0.25) is 0 Å². The van der Waals surface area contributed by atoms with Crippen molar-refractivity contribution in [2.75, 3.05) is 112 Å². The zero-order valence-electron chi connectivity index (χ0n) is 50.4. The third kappa shape index (κ3) is 33.4. The molecule has 0 aromatic rings. The molecule has 13 atom stereocenters. The average Bonchev–Trinajstić information content (AvgIpc) is 3.47. The Morgan fingerprint density at radius 3 is 1.20 bits per heavy atom. The van der Waals surface area contributed by atoms with Gasteiger partial charge >= 0.3 is 29.1 Å². The fourth-order valence-corrected chi connectivity index (χ4v) is 11.6. The summed E-state index contributed by atoms with van der Waals surface area (Å²) in [5, 5.41) is 10.7. The van der Waals surface area contributed by atoms with Crippen LogP contribution in [0.15, 0.2) is 0 Å². The second-order valence-electron chi connectivity index (χ2n) is 20.6. The van der Waals surface area contributed by atoms with Gasteiger partial charge in [0.2, 0.25) is 0 Å². The molecule has 0 saturated carbocycles. The molecule has 2 aliphatic rings. The van der Waals surface area contributed by atoms with Gasteiger partial charge in [-0.25, -0.2) is 0 Å². The van der Waals surface area contributed by atoms with Gasteiger partial charge in [-0.15, -0.1) is 0 Å². The molecule has 2 heterocycles. The third-order valence-corrected chi connectivity index (χ3v) is 16.2. The van der Waals surface area contributed by atoms with Gasteiger partial charge in [-0.05, 0) is 77.0 Å². The summed E-state index contributed by atoms with van der Waals surface area (Å²) in [6.07, 6.45) is 10.8. The third-order valence-electron chi connectivity index (χ3n) is 13.2. The lowest BCUT2D eigenvalue weighted by Gasteiger charge is -2.43. The van der Waals surface area contributed by atoms with Crippen LogP contribution in [0.25, 0.3) is 0 Å². The SMILES string of the molecule is CCCOPOCCCOCC(CO)(COCCCOP(OCCC)OCCCCCCO[C@@H]1OC(CC)[C@H](C)C(OC(C)=O)C1N)COCCCOP(OCCC)OCCCCCCO[C@@H]1OC(CC)[C@H](C)C(OC(C)=O)C1N. The molecule has 0 spiro atoms. The van der Waals surface area contributed by atoms with Gasteiger partial charge in [0.15, 0.2) is 21.6 Å². The molecule has 0 aromatic heterocycles. The van der Waals surface area contributed by atoms with Gasteiger partial charge in [0.1, 0.15) is 12.2 Å². The molecule has 0 amide bonds. The highest BCUT2D eigenvalue weighted by atomic mass is 31.2. The van der Waals surface area contributed by atoms with E-state index in [9.17, 15) is 14.7 Å². The smallest absolute Gasteiger partial charge is 0.332 e. The van der Waals surface area contributed by atoms with Crippen molar-refractivity contribution in [3.8, 4) is 0 Å². The van der Waals surface area contributed by atoms with Crippen LogP contribution < -0.4 is 11.5 Å². The van der Waals surface area contributed by atoms with Gasteiger partial charge in [0, 0.05) is 58.7 Å². The Balaban J connectivity index is 1.74. The van der Waals surface area contributed by atoms with E-state index in [1.807, 2.05) is 41.5 Å². The van der Waals surface area contributed by atoms with Crippen LogP contribution >= 0.6 is 26.2 Å². The molecule has 0 aliphatic carbocycles. The van der Waals surface area contributed by atoms with Crippen LogP contribution in [-0.4, -0.2) is 178 Å². The number of aliphatic hydroxyl groups excluding tert-OH is 1. The first-order chi connectivity index (χ1) is 38.8. The fraction of sp³-hybridized carbons (Fsp3) is 0.964. The van der Waals surface area contributed by atoms with Gasteiger partial charge in [-0.2, -0.15) is 0 Å². The summed E-state index contributed by atoms with van der Waals surface area (Å²) in [7, 11) is -3.03. The lowest BCUT2D eigenvalue weighted by Crippen LogP contribution is -2.59. The molecule has 2 saturated heterocycles. The minimum Gasteiger partial charge on any atom is -0.460 e. The number of hydrogen-bond acceptors (Lipinski definition) is 22. The molecular weight excluding hydrogens is 1100 g/mol. The maximum absolute atomic E-state index is 11.7.